The number of H-pyrrole nitrogens is 1. The number of aromatic nitrogens is 4. The maximum Gasteiger partial charge on any atom is 0.285 e. The zero-order valence-corrected chi connectivity index (χ0v) is 16.6. The van der Waals surface area contributed by atoms with Gasteiger partial charge in [-0.05, 0) is 37.1 Å². The van der Waals surface area contributed by atoms with Crippen molar-refractivity contribution in [2.75, 3.05) is 5.32 Å². The van der Waals surface area contributed by atoms with Crippen LogP contribution in [0.2, 0.25) is 0 Å². The van der Waals surface area contributed by atoms with Gasteiger partial charge in [0, 0.05) is 42.0 Å². The molecule has 4 aromatic rings. The van der Waals surface area contributed by atoms with Crippen LogP contribution in [0.1, 0.15) is 39.5 Å². The van der Waals surface area contributed by atoms with Crippen LogP contribution in [-0.2, 0) is 6.42 Å². The molecule has 0 radical (unpaired) electrons. The van der Waals surface area contributed by atoms with Crippen molar-refractivity contribution in [3.8, 4) is 17.1 Å². The first-order valence-electron chi connectivity index (χ1n) is 10.0. The van der Waals surface area contributed by atoms with E-state index in [1.54, 1.807) is 17.0 Å². The van der Waals surface area contributed by atoms with Crippen molar-refractivity contribution < 1.29 is 9.59 Å². The molecule has 8 nitrogen and oxygen atoms in total. The van der Waals surface area contributed by atoms with Gasteiger partial charge in [0.1, 0.15) is 5.82 Å². The number of pyridine rings is 1. The van der Waals surface area contributed by atoms with Crippen LogP contribution in [0.4, 0.5) is 11.4 Å². The summed E-state index contributed by atoms with van der Waals surface area (Å²) in [5.74, 6) is 0.105. The molecule has 0 aliphatic heterocycles. The number of hydrogen-bond acceptors (Lipinski definition) is 5. The Morgan fingerprint density at radius 2 is 1.94 bits per heavy atom. The van der Waals surface area contributed by atoms with Gasteiger partial charge in [-0.3, -0.25) is 14.2 Å². The fourth-order valence-corrected chi connectivity index (χ4v) is 3.98. The summed E-state index contributed by atoms with van der Waals surface area (Å²) in [5, 5.41) is 3.43. The summed E-state index contributed by atoms with van der Waals surface area (Å²) in [6.45, 7) is 0. The van der Waals surface area contributed by atoms with E-state index in [0.29, 0.717) is 17.8 Å². The van der Waals surface area contributed by atoms with Crippen LogP contribution in [0, 0.1) is 0 Å². The van der Waals surface area contributed by atoms with Gasteiger partial charge in [-0.1, -0.05) is 18.2 Å². The number of Topliss-reactive ketones (excluding diaryl/α,β-unsaturated/α-hetero) is 1. The molecule has 1 aliphatic carbocycles. The van der Waals surface area contributed by atoms with Crippen LogP contribution in [-0.4, -0.2) is 31.2 Å². The summed E-state index contributed by atoms with van der Waals surface area (Å²) in [7, 11) is 0. The molecule has 4 N–H and O–H groups in total. The number of aryl methyl sites for hydroxylation is 1. The van der Waals surface area contributed by atoms with Crippen molar-refractivity contribution in [2.24, 2.45) is 5.73 Å². The van der Waals surface area contributed by atoms with Gasteiger partial charge < -0.3 is 16.0 Å². The first-order chi connectivity index (χ1) is 15.1. The third-order valence-electron chi connectivity index (χ3n) is 5.37. The topological polar surface area (TPSA) is 119 Å². The summed E-state index contributed by atoms with van der Waals surface area (Å²) in [5.41, 5.74) is 10.4. The number of nitrogens with zero attached hydrogens (tertiary/aromatic N) is 3. The summed E-state index contributed by atoms with van der Waals surface area (Å²) in [6, 6.07) is 13.4. The standard InChI is InChI=1S/C23H20N6O2/c24-22(31)23-26-11-12-29(23)18-13-14(9-10-25-18)20-21(27-15-5-2-1-3-6-15)19-16(28-20)7-4-8-17(19)30/h1-3,5-6,9-13,27-28H,4,7-8H2,(H2,24,31). The number of anilines is 2. The van der Waals surface area contributed by atoms with Crippen LogP contribution in [0.15, 0.2) is 61.1 Å². The zero-order valence-electron chi connectivity index (χ0n) is 16.6. The molecule has 0 atom stereocenters. The van der Waals surface area contributed by atoms with E-state index < -0.39 is 5.91 Å². The Bertz CT molecular complexity index is 1290. The van der Waals surface area contributed by atoms with E-state index in [1.165, 1.54) is 6.20 Å². The van der Waals surface area contributed by atoms with Crippen LogP contribution in [0.3, 0.4) is 0 Å². The third-order valence-corrected chi connectivity index (χ3v) is 5.37. The lowest BCUT2D eigenvalue weighted by molar-refractivity contribution is 0.0969. The Labute approximate surface area is 178 Å². The molecule has 3 heterocycles. The van der Waals surface area contributed by atoms with Crippen molar-refractivity contribution >= 4 is 23.1 Å². The molecule has 1 amide bonds. The molecule has 1 aliphatic rings. The molecule has 0 fully saturated rings. The fraction of sp³-hybridized carbons (Fsp3) is 0.130. The number of benzene rings is 1. The summed E-state index contributed by atoms with van der Waals surface area (Å²) in [4.78, 5) is 36.3. The molecule has 0 saturated heterocycles. The molecular weight excluding hydrogens is 392 g/mol. The highest BCUT2D eigenvalue weighted by atomic mass is 16.1. The zero-order chi connectivity index (χ0) is 21.4. The van der Waals surface area contributed by atoms with Crippen molar-refractivity contribution in [1.82, 2.24) is 19.5 Å². The van der Waals surface area contributed by atoms with E-state index in [2.05, 4.69) is 20.3 Å². The Hall–Kier alpha value is -4.20. The fourth-order valence-electron chi connectivity index (χ4n) is 3.98. The Morgan fingerprint density at radius 3 is 2.74 bits per heavy atom. The van der Waals surface area contributed by atoms with E-state index in [1.807, 2.05) is 42.5 Å². The average Bonchev–Trinajstić information content (AvgIpc) is 3.41. The van der Waals surface area contributed by atoms with Gasteiger partial charge in [-0.2, -0.15) is 0 Å². The van der Waals surface area contributed by atoms with Crippen molar-refractivity contribution in [1.29, 1.82) is 0 Å². The second-order valence-corrected chi connectivity index (χ2v) is 7.38. The minimum absolute atomic E-state index is 0.105. The van der Waals surface area contributed by atoms with Gasteiger partial charge in [-0.15, -0.1) is 0 Å². The summed E-state index contributed by atoms with van der Waals surface area (Å²) in [6.07, 6.45) is 6.97. The van der Waals surface area contributed by atoms with Gasteiger partial charge in [-0.25, -0.2) is 9.97 Å². The normalized spacial score (nSPS) is 13.1. The highest BCUT2D eigenvalue weighted by molar-refractivity contribution is 6.07. The monoisotopic (exact) mass is 412 g/mol. The predicted molar refractivity (Wildman–Crippen MR) is 117 cm³/mol. The molecule has 5 rings (SSSR count). The van der Waals surface area contributed by atoms with Gasteiger partial charge in [0.25, 0.3) is 5.91 Å². The SMILES string of the molecule is NC(=O)c1nccn1-c1cc(-c2[nH]c3c(c2Nc2ccccc2)C(=O)CCC3)ccn1. The molecule has 1 aromatic carbocycles. The summed E-state index contributed by atoms with van der Waals surface area (Å²) >= 11 is 0. The van der Waals surface area contributed by atoms with Gasteiger partial charge in [0.2, 0.25) is 5.82 Å². The Kier molecular flexibility index (Phi) is 4.59. The van der Waals surface area contributed by atoms with Crippen LogP contribution in [0.25, 0.3) is 17.1 Å². The molecule has 8 heteroatoms. The number of nitrogens with one attached hydrogen (secondary N) is 2. The molecule has 0 unspecified atom stereocenters. The van der Waals surface area contributed by atoms with Crippen LogP contribution in [0.5, 0.6) is 0 Å². The van der Waals surface area contributed by atoms with E-state index in [4.69, 9.17) is 5.73 Å². The third kappa shape index (κ3) is 3.38. The van der Waals surface area contributed by atoms with E-state index in [0.717, 1.165) is 41.2 Å². The maximum atomic E-state index is 12.8. The summed E-state index contributed by atoms with van der Waals surface area (Å²) < 4.78 is 1.55. The number of nitrogens with two attached hydrogens (primary N) is 1. The molecule has 31 heavy (non-hydrogen) atoms. The second kappa shape index (κ2) is 7.56. The number of carbonyl (C=O) groups is 2. The second-order valence-electron chi connectivity index (χ2n) is 7.38. The van der Waals surface area contributed by atoms with Gasteiger partial charge in [0.15, 0.2) is 5.78 Å². The molecule has 154 valence electrons. The van der Waals surface area contributed by atoms with Crippen LogP contribution < -0.4 is 11.1 Å². The lowest BCUT2D eigenvalue weighted by atomic mass is 9.95. The highest BCUT2D eigenvalue weighted by Gasteiger charge is 2.27. The number of carbonyl (C=O) groups excluding carboxylic acids is 2. The van der Waals surface area contributed by atoms with E-state index in [-0.39, 0.29) is 11.6 Å². The highest BCUT2D eigenvalue weighted by Crippen LogP contribution is 2.39. The number of para-hydroxylation sites is 1. The number of fused-ring (bicyclic) bond motifs is 1. The smallest absolute Gasteiger partial charge is 0.285 e. The predicted octanol–water partition coefficient (Wildman–Crippen LogP) is 3.62. The van der Waals surface area contributed by atoms with Crippen LogP contribution >= 0.6 is 0 Å². The van der Waals surface area contributed by atoms with E-state index >= 15 is 0 Å². The lowest BCUT2D eigenvalue weighted by Gasteiger charge is -2.14. The largest absolute Gasteiger partial charge is 0.363 e. The minimum atomic E-state index is -0.635. The number of amides is 1. The first-order valence-corrected chi connectivity index (χ1v) is 10.0. The van der Waals surface area contributed by atoms with Gasteiger partial charge in [0.05, 0.1) is 16.9 Å². The minimum Gasteiger partial charge on any atom is -0.363 e. The number of aromatic amines is 1. The maximum absolute atomic E-state index is 12.8. The van der Waals surface area contributed by atoms with Gasteiger partial charge >= 0.3 is 0 Å². The first kappa shape index (κ1) is 18.8. The average molecular weight is 412 g/mol. The number of primary amides is 1. The van der Waals surface area contributed by atoms with Crippen molar-refractivity contribution in [3.05, 3.63) is 78.1 Å². The molecule has 0 saturated carbocycles. The molecule has 3 aromatic heterocycles. The van der Waals surface area contributed by atoms with Crippen molar-refractivity contribution in [3.63, 3.8) is 0 Å². The quantitative estimate of drug-likeness (QED) is 0.463. The number of imidazole rings is 1. The Morgan fingerprint density at radius 1 is 1.10 bits per heavy atom. The Balaban J connectivity index is 1.65. The molecule has 0 spiro atoms. The van der Waals surface area contributed by atoms with E-state index in [9.17, 15) is 9.59 Å². The number of ketones is 1. The number of hydrogen-bond donors (Lipinski definition) is 3. The lowest BCUT2D eigenvalue weighted by Crippen LogP contribution is -2.17. The molecule has 0 bridgehead atoms. The van der Waals surface area contributed by atoms with Crippen molar-refractivity contribution in [2.45, 2.75) is 19.3 Å². The number of rotatable bonds is 5. The molecular formula is C23H20N6O2.